The zero-order valence-corrected chi connectivity index (χ0v) is 13.1. The van der Waals surface area contributed by atoms with Crippen LogP contribution in [0, 0.1) is 8.99 Å². The molecule has 2 rings (SSSR count). The highest BCUT2D eigenvalue weighted by Gasteiger charge is 2.39. The lowest BCUT2D eigenvalue weighted by Gasteiger charge is -2.25. The van der Waals surface area contributed by atoms with Gasteiger partial charge >= 0.3 is 0 Å². The fourth-order valence-electron chi connectivity index (χ4n) is 2.25. The van der Waals surface area contributed by atoms with Crippen molar-refractivity contribution in [2.45, 2.75) is 19.8 Å². The van der Waals surface area contributed by atoms with Crippen molar-refractivity contribution >= 4 is 45.8 Å². The lowest BCUT2D eigenvalue weighted by atomic mass is 9.83. The molecule has 18 heavy (non-hydrogen) atoms. The quantitative estimate of drug-likeness (QED) is 0.793. The van der Waals surface area contributed by atoms with Crippen molar-refractivity contribution in [1.29, 1.82) is 0 Å². The first kappa shape index (κ1) is 14.1. The molecule has 0 saturated carbocycles. The average molecular weight is 379 g/mol. The number of benzene rings is 1. The molecule has 1 heterocycles. The fraction of sp³-hybridized carbons (Fsp3) is 0.462. The summed E-state index contributed by atoms with van der Waals surface area (Å²) in [7, 11) is 0. The fourth-order valence-corrected chi connectivity index (χ4v) is 3.15. The summed E-state index contributed by atoms with van der Waals surface area (Å²) in [5, 5.41) is 6.81. The average Bonchev–Trinajstić information content (AvgIpc) is 2.82. The van der Waals surface area contributed by atoms with Crippen molar-refractivity contribution in [3.63, 3.8) is 0 Å². The van der Waals surface area contributed by atoms with Crippen molar-refractivity contribution < 1.29 is 4.79 Å². The highest BCUT2D eigenvalue weighted by molar-refractivity contribution is 14.1. The number of anilines is 1. The smallest absolute Gasteiger partial charge is 0.231 e. The zero-order valence-electron chi connectivity index (χ0n) is 10.2. The predicted octanol–water partition coefficient (Wildman–Crippen LogP) is 3.27. The van der Waals surface area contributed by atoms with Crippen molar-refractivity contribution in [2.24, 2.45) is 5.41 Å². The summed E-state index contributed by atoms with van der Waals surface area (Å²) in [5.41, 5.74) is 0.411. The van der Waals surface area contributed by atoms with Gasteiger partial charge in [0.15, 0.2) is 0 Å². The van der Waals surface area contributed by atoms with E-state index in [-0.39, 0.29) is 11.3 Å². The number of amides is 1. The third kappa shape index (κ3) is 2.81. The summed E-state index contributed by atoms with van der Waals surface area (Å²) in [6, 6.07) is 5.64. The molecule has 5 heteroatoms. The third-order valence-electron chi connectivity index (χ3n) is 3.58. The van der Waals surface area contributed by atoms with E-state index in [1.54, 1.807) is 0 Å². The highest BCUT2D eigenvalue weighted by atomic mass is 127. The summed E-state index contributed by atoms with van der Waals surface area (Å²) in [5.74, 6) is 0.0677. The lowest BCUT2D eigenvalue weighted by Crippen LogP contribution is -2.37. The van der Waals surface area contributed by atoms with E-state index in [1.807, 2.05) is 18.2 Å². The Labute approximate surface area is 126 Å². The van der Waals surface area contributed by atoms with Crippen LogP contribution in [0.25, 0.3) is 0 Å². The second-order valence-electron chi connectivity index (χ2n) is 4.64. The van der Waals surface area contributed by atoms with Gasteiger partial charge in [0, 0.05) is 10.1 Å². The summed E-state index contributed by atoms with van der Waals surface area (Å²) in [6.45, 7) is 3.71. The van der Waals surface area contributed by atoms with Gasteiger partial charge < -0.3 is 10.6 Å². The molecule has 1 unspecified atom stereocenters. The van der Waals surface area contributed by atoms with E-state index in [4.69, 9.17) is 11.6 Å². The molecule has 98 valence electrons. The first-order valence-corrected chi connectivity index (χ1v) is 7.50. The number of carbonyl (C=O) groups is 1. The van der Waals surface area contributed by atoms with Crippen LogP contribution in [0.15, 0.2) is 18.2 Å². The van der Waals surface area contributed by atoms with Crippen LogP contribution in [-0.4, -0.2) is 19.0 Å². The van der Waals surface area contributed by atoms with Gasteiger partial charge in [-0.15, -0.1) is 0 Å². The van der Waals surface area contributed by atoms with Gasteiger partial charge in [0.25, 0.3) is 0 Å². The molecule has 1 saturated heterocycles. The Kier molecular flexibility index (Phi) is 4.50. The highest BCUT2D eigenvalue weighted by Crippen LogP contribution is 2.32. The van der Waals surface area contributed by atoms with Crippen molar-refractivity contribution in [2.75, 3.05) is 18.4 Å². The number of rotatable bonds is 3. The largest absolute Gasteiger partial charge is 0.324 e. The summed E-state index contributed by atoms with van der Waals surface area (Å²) < 4.78 is 1.06. The molecule has 0 bridgehead atoms. The normalized spacial score (nSPS) is 23.1. The van der Waals surface area contributed by atoms with Gasteiger partial charge in [-0.05, 0) is 60.2 Å². The van der Waals surface area contributed by atoms with Gasteiger partial charge in [0.05, 0.1) is 16.1 Å². The maximum Gasteiger partial charge on any atom is 0.231 e. The van der Waals surface area contributed by atoms with Crippen molar-refractivity contribution in [3.05, 3.63) is 26.8 Å². The van der Waals surface area contributed by atoms with Crippen LogP contribution >= 0.6 is 34.2 Å². The van der Waals surface area contributed by atoms with Crippen LogP contribution in [-0.2, 0) is 4.79 Å². The molecule has 1 aromatic carbocycles. The van der Waals surface area contributed by atoms with Crippen LogP contribution in [0.2, 0.25) is 5.02 Å². The molecule has 2 N–H and O–H groups in total. The molecule has 1 aliphatic heterocycles. The van der Waals surface area contributed by atoms with E-state index in [0.717, 1.165) is 29.5 Å². The number of halogens is 2. The number of hydrogen-bond donors (Lipinski definition) is 2. The molecule has 1 aromatic rings. The van der Waals surface area contributed by atoms with Gasteiger partial charge in [0.1, 0.15) is 0 Å². The lowest BCUT2D eigenvalue weighted by molar-refractivity contribution is -0.124. The monoisotopic (exact) mass is 378 g/mol. The summed E-state index contributed by atoms with van der Waals surface area (Å²) in [4.78, 5) is 12.4. The topological polar surface area (TPSA) is 41.1 Å². The Bertz CT molecular complexity index is 458. The SMILES string of the molecule is CCC1(C(=O)Nc2ccc(I)cc2Cl)CCNC1. The first-order valence-electron chi connectivity index (χ1n) is 6.04. The van der Waals surface area contributed by atoms with E-state index in [9.17, 15) is 4.79 Å². The van der Waals surface area contributed by atoms with Gasteiger partial charge in [-0.3, -0.25) is 4.79 Å². The predicted molar refractivity (Wildman–Crippen MR) is 83.0 cm³/mol. The van der Waals surface area contributed by atoms with E-state index in [0.29, 0.717) is 10.7 Å². The minimum Gasteiger partial charge on any atom is -0.324 e. The molecule has 1 fully saturated rings. The molecule has 0 spiro atoms. The van der Waals surface area contributed by atoms with Crippen LogP contribution in [0.1, 0.15) is 19.8 Å². The van der Waals surface area contributed by atoms with E-state index in [1.165, 1.54) is 0 Å². The molecule has 1 atom stereocenters. The maximum absolute atomic E-state index is 12.4. The van der Waals surface area contributed by atoms with Crippen molar-refractivity contribution in [3.8, 4) is 0 Å². The molecular weight excluding hydrogens is 363 g/mol. The van der Waals surface area contributed by atoms with Crippen LogP contribution in [0.5, 0.6) is 0 Å². The minimum atomic E-state index is -0.285. The minimum absolute atomic E-state index is 0.0677. The van der Waals surface area contributed by atoms with Gasteiger partial charge in [-0.2, -0.15) is 0 Å². The maximum atomic E-state index is 12.4. The molecular formula is C13H16ClIN2O. The first-order chi connectivity index (χ1) is 8.57. The summed E-state index contributed by atoms with van der Waals surface area (Å²) in [6.07, 6.45) is 1.73. The Balaban J connectivity index is 2.15. The Morgan fingerprint density at radius 2 is 2.39 bits per heavy atom. The standard InChI is InChI=1S/C13H16ClIN2O/c1-2-13(5-6-16-8-13)12(18)17-11-4-3-9(15)7-10(11)14/h3-4,7,16H,2,5-6,8H2,1H3,(H,17,18). The molecule has 3 nitrogen and oxygen atoms in total. The zero-order chi connectivity index (χ0) is 13.2. The van der Waals surface area contributed by atoms with Gasteiger partial charge in [-0.25, -0.2) is 0 Å². The molecule has 0 aliphatic carbocycles. The molecule has 1 aliphatic rings. The molecule has 0 radical (unpaired) electrons. The number of nitrogens with one attached hydrogen (secondary N) is 2. The van der Waals surface area contributed by atoms with E-state index >= 15 is 0 Å². The van der Waals surface area contributed by atoms with Gasteiger partial charge in [0.2, 0.25) is 5.91 Å². The third-order valence-corrected chi connectivity index (χ3v) is 4.57. The summed E-state index contributed by atoms with van der Waals surface area (Å²) >= 11 is 8.33. The molecule has 0 aromatic heterocycles. The van der Waals surface area contributed by atoms with Crippen LogP contribution in [0.3, 0.4) is 0 Å². The van der Waals surface area contributed by atoms with Crippen molar-refractivity contribution in [1.82, 2.24) is 5.32 Å². The van der Waals surface area contributed by atoms with Crippen LogP contribution < -0.4 is 10.6 Å². The molecule has 1 amide bonds. The Hall–Kier alpha value is -0.330. The number of carbonyl (C=O) groups excluding carboxylic acids is 1. The van der Waals surface area contributed by atoms with E-state index in [2.05, 4.69) is 40.1 Å². The Morgan fingerprint density at radius 3 is 2.94 bits per heavy atom. The van der Waals surface area contributed by atoms with Crippen LogP contribution in [0.4, 0.5) is 5.69 Å². The number of hydrogen-bond acceptors (Lipinski definition) is 2. The second kappa shape index (κ2) is 5.75. The second-order valence-corrected chi connectivity index (χ2v) is 6.29. The van der Waals surface area contributed by atoms with Gasteiger partial charge in [-0.1, -0.05) is 18.5 Å². The Morgan fingerprint density at radius 1 is 1.61 bits per heavy atom. The van der Waals surface area contributed by atoms with E-state index < -0.39 is 0 Å².